The second-order valence-electron chi connectivity index (χ2n) is 21.0. The van der Waals surface area contributed by atoms with E-state index in [0.717, 1.165) is 33.1 Å². The number of aryl methyl sites for hydroxylation is 1. The van der Waals surface area contributed by atoms with Crippen molar-refractivity contribution in [2.24, 2.45) is 11.7 Å². The SMILES string of the molecule is Cc1cccc(-c2nc(CNc3cccc(F)c3F)[nH]c2-c2ccc3ncc(OCCCCNC(=O)OCc4ccc(NC(=O)C(CCCNC(N)=O)NC(=O)[C@@H](NC(=O)CCOCCOCCOCCOCCN5C(=O)C=CC5=O)C(C)C)cc4)cc3c2)n1. The van der Waals surface area contributed by atoms with Gasteiger partial charge in [0.25, 0.3) is 11.8 Å². The molecule has 0 saturated carbocycles. The standard InChI is InChI=1S/C63H76F2N12O13/c1-40(2)57(76-53(78)22-27-85-29-31-87-33-34-88-32-30-86-28-25-77-54(79)20-21-55(77)80)61(82)73-51(13-8-24-67-62(66)83)60(81)72-45-17-14-42(15-18-45)39-90-63(84)68-23-4-5-26-89-46-36-44-35-43(16-19-48(44)69-37-46)58-59(50-12-6-9-41(3)71-50)75-52(74-58)38-70-49-11-7-10-47(64)56(49)65/h6-7,9-12,14-21,35-37,40,51,57,70H,4-5,8,13,22-34,38-39H2,1-3H3,(H,68,84)(H,72,81)(H,73,82)(H,74,75)(H,76,78)(H3,66,67,83)/t51?,57-/m0/s1. The van der Waals surface area contributed by atoms with Crippen molar-refractivity contribution in [2.75, 3.05) is 89.7 Å². The molecule has 0 aliphatic carbocycles. The van der Waals surface area contributed by atoms with Gasteiger partial charge >= 0.3 is 12.1 Å². The Balaban J connectivity index is 0.784. The van der Waals surface area contributed by atoms with Crippen molar-refractivity contribution >= 4 is 63.9 Å². The highest BCUT2D eigenvalue weighted by atomic mass is 19.2. The summed E-state index contributed by atoms with van der Waals surface area (Å²) in [5.74, 6) is -3.55. The van der Waals surface area contributed by atoms with E-state index in [1.165, 1.54) is 24.3 Å². The van der Waals surface area contributed by atoms with Crippen LogP contribution >= 0.6 is 0 Å². The van der Waals surface area contributed by atoms with Gasteiger partial charge in [0.2, 0.25) is 17.7 Å². The third kappa shape index (κ3) is 22.0. The summed E-state index contributed by atoms with van der Waals surface area (Å²) < 4.78 is 61.7. The maximum atomic E-state index is 14.4. The molecule has 8 amide bonds. The number of ether oxygens (including phenoxy) is 6. The van der Waals surface area contributed by atoms with Gasteiger partial charge in [0.15, 0.2) is 11.6 Å². The van der Waals surface area contributed by atoms with Gasteiger partial charge in [-0.2, -0.15) is 0 Å². The van der Waals surface area contributed by atoms with Gasteiger partial charge in [0.1, 0.15) is 36.0 Å². The van der Waals surface area contributed by atoms with Crippen LogP contribution in [-0.2, 0) is 60.8 Å². The monoisotopic (exact) mass is 1250 g/mol. The maximum absolute atomic E-state index is 14.4. The lowest BCUT2D eigenvalue weighted by atomic mass is 10.0. The lowest BCUT2D eigenvalue weighted by molar-refractivity contribution is -0.137. The first-order valence-corrected chi connectivity index (χ1v) is 29.5. The van der Waals surface area contributed by atoms with E-state index in [2.05, 4.69) is 46.9 Å². The molecule has 1 aliphatic heterocycles. The zero-order valence-corrected chi connectivity index (χ0v) is 50.4. The van der Waals surface area contributed by atoms with Gasteiger partial charge in [-0.25, -0.2) is 23.4 Å². The third-order valence-corrected chi connectivity index (χ3v) is 13.7. The summed E-state index contributed by atoms with van der Waals surface area (Å²) in [5.41, 5.74) is 10.5. The molecule has 90 heavy (non-hydrogen) atoms. The smallest absolute Gasteiger partial charge is 0.407 e. The quantitative estimate of drug-likeness (QED) is 0.0154. The van der Waals surface area contributed by atoms with Crippen molar-refractivity contribution in [3.63, 3.8) is 0 Å². The number of imidazole rings is 1. The maximum Gasteiger partial charge on any atom is 0.407 e. The molecule has 7 rings (SSSR count). The van der Waals surface area contributed by atoms with E-state index in [1.54, 1.807) is 44.3 Å². The molecule has 4 heterocycles. The predicted octanol–water partition coefficient (Wildman–Crippen LogP) is 6.37. The summed E-state index contributed by atoms with van der Waals surface area (Å²) in [6, 6.07) is 21.0. The normalized spacial score (nSPS) is 12.7. The van der Waals surface area contributed by atoms with Crippen LogP contribution in [0.15, 0.2) is 103 Å². The van der Waals surface area contributed by atoms with E-state index in [0.29, 0.717) is 85.7 Å². The molecular weight excluding hydrogens is 1170 g/mol. The Hall–Kier alpha value is -9.44. The Bertz CT molecular complexity index is 3410. The number of fused-ring (bicyclic) bond motifs is 1. The van der Waals surface area contributed by atoms with E-state index in [9.17, 15) is 42.3 Å². The molecule has 27 heteroatoms. The number of pyridine rings is 2. The molecule has 6 aromatic rings. The third-order valence-electron chi connectivity index (χ3n) is 13.7. The molecule has 25 nitrogen and oxygen atoms in total. The number of anilines is 2. The molecule has 480 valence electrons. The molecule has 0 fully saturated rings. The molecule has 0 saturated heterocycles. The molecular formula is C63H76F2N12O13. The average molecular weight is 1250 g/mol. The largest absolute Gasteiger partial charge is 0.492 e. The highest BCUT2D eigenvalue weighted by molar-refractivity contribution is 6.12. The van der Waals surface area contributed by atoms with E-state index < -0.39 is 53.6 Å². The number of alkyl carbamates (subject to hydrolysis) is 1. The lowest BCUT2D eigenvalue weighted by Gasteiger charge is -2.25. The van der Waals surface area contributed by atoms with Crippen molar-refractivity contribution in [1.29, 1.82) is 0 Å². The fourth-order valence-corrected chi connectivity index (χ4v) is 9.02. The Morgan fingerprint density at radius 3 is 2.14 bits per heavy atom. The van der Waals surface area contributed by atoms with Gasteiger partial charge in [-0.3, -0.25) is 38.8 Å². The number of aromatic amines is 1. The number of halogens is 2. The van der Waals surface area contributed by atoms with E-state index >= 15 is 0 Å². The van der Waals surface area contributed by atoms with Crippen LogP contribution < -0.4 is 42.4 Å². The molecule has 0 radical (unpaired) electrons. The number of hydrogen-bond donors (Lipinski definition) is 8. The number of urea groups is 1. The van der Waals surface area contributed by atoms with Crippen LogP contribution in [0.3, 0.4) is 0 Å². The van der Waals surface area contributed by atoms with E-state index in [-0.39, 0.29) is 102 Å². The van der Waals surface area contributed by atoms with Crippen molar-refractivity contribution in [1.82, 2.24) is 46.1 Å². The number of nitrogens with one attached hydrogen (secondary N) is 7. The number of H-pyrrole nitrogens is 1. The molecule has 9 N–H and O–H groups in total. The Kier molecular flexibility index (Phi) is 26.9. The first-order chi connectivity index (χ1) is 43.5. The van der Waals surface area contributed by atoms with Gasteiger partial charge in [0, 0.05) is 54.0 Å². The summed E-state index contributed by atoms with van der Waals surface area (Å²) in [5, 5.41) is 17.2. The number of nitrogens with two attached hydrogens (primary N) is 1. The number of nitrogens with zero attached hydrogens (tertiary/aromatic N) is 4. The second kappa shape index (κ2) is 35.5. The molecule has 3 aromatic carbocycles. The number of aromatic nitrogens is 4. The highest BCUT2D eigenvalue weighted by Gasteiger charge is 2.29. The topological polar surface area (TPSA) is 331 Å². The van der Waals surface area contributed by atoms with Gasteiger partial charge in [-0.05, 0) is 98.7 Å². The number of unbranched alkanes of at least 4 members (excludes halogenated alkanes) is 1. The Labute approximate surface area is 518 Å². The number of primary amides is 1. The van der Waals surface area contributed by atoms with Gasteiger partial charge in [0.05, 0.1) is 101 Å². The number of benzene rings is 3. The fraction of sp³-hybridized carbons (Fsp3) is 0.397. The van der Waals surface area contributed by atoms with Crippen LogP contribution in [0.25, 0.3) is 33.5 Å². The van der Waals surface area contributed by atoms with Gasteiger partial charge in [-0.1, -0.05) is 44.2 Å². The van der Waals surface area contributed by atoms with Crippen molar-refractivity contribution in [3.8, 4) is 28.4 Å². The first kappa shape index (κ1) is 68.1. The minimum Gasteiger partial charge on any atom is -0.492 e. The number of hydrogen-bond acceptors (Lipinski definition) is 17. The summed E-state index contributed by atoms with van der Waals surface area (Å²) >= 11 is 0. The highest BCUT2D eigenvalue weighted by Crippen LogP contribution is 2.32. The molecule has 3 aromatic heterocycles. The van der Waals surface area contributed by atoms with Crippen LogP contribution in [0.1, 0.15) is 63.0 Å². The zero-order valence-electron chi connectivity index (χ0n) is 50.4. The average Bonchev–Trinajstić information content (AvgIpc) is 1.64. The van der Waals surface area contributed by atoms with Crippen molar-refractivity contribution in [3.05, 3.63) is 132 Å². The van der Waals surface area contributed by atoms with Crippen LogP contribution in [0.4, 0.5) is 29.7 Å². The number of amides is 8. The van der Waals surface area contributed by atoms with Crippen LogP contribution in [0.5, 0.6) is 5.75 Å². The van der Waals surface area contributed by atoms with Crippen molar-refractivity contribution in [2.45, 2.75) is 78.1 Å². The Morgan fingerprint density at radius 2 is 1.43 bits per heavy atom. The Morgan fingerprint density at radius 1 is 0.733 bits per heavy atom. The van der Waals surface area contributed by atoms with Gasteiger partial charge < -0.3 is 71.0 Å². The van der Waals surface area contributed by atoms with E-state index in [1.807, 2.05) is 49.4 Å². The van der Waals surface area contributed by atoms with Crippen LogP contribution in [0, 0.1) is 24.5 Å². The van der Waals surface area contributed by atoms with Crippen LogP contribution in [0.2, 0.25) is 0 Å². The molecule has 1 unspecified atom stereocenters. The second-order valence-corrected chi connectivity index (χ2v) is 21.0. The molecule has 2 atom stereocenters. The van der Waals surface area contributed by atoms with E-state index in [4.69, 9.17) is 39.1 Å². The van der Waals surface area contributed by atoms with Crippen LogP contribution in [-0.4, -0.2) is 158 Å². The predicted molar refractivity (Wildman–Crippen MR) is 328 cm³/mol. The molecule has 0 bridgehead atoms. The summed E-state index contributed by atoms with van der Waals surface area (Å²) in [7, 11) is 0. The molecule has 0 spiro atoms. The minimum absolute atomic E-state index is 0.0102. The lowest BCUT2D eigenvalue weighted by Crippen LogP contribution is -2.54. The number of carbonyl (C=O) groups is 7. The number of rotatable bonds is 38. The fourth-order valence-electron chi connectivity index (χ4n) is 9.02. The first-order valence-electron chi connectivity index (χ1n) is 29.5. The molecule has 1 aliphatic rings. The zero-order chi connectivity index (χ0) is 64.2. The summed E-state index contributed by atoms with van der Waals surface area (Å²) in [4.78, 5) is 106. The van der Waals surface area contributed by atoms with Crippen molar-refractivity contribution < 1.29 is 70.8 Å². The number of carbonyl (C=O) groups excluding carboxylic acids is 7. The number of imide groups is 1. The summed E-state index contributed by atoms with van der Waals surface area (Å²) in [6.45, 7) is 8.34. The summed E-state index contributed by atoms with van der Waals surface area (Å²) in [6.07, 6.45) is 5.03. The van der Waals surface area contributed by atoms with Gasteiger partial charge in [-0.15, -0.1) is 0 Å². The minimum atomic E-state index is -1.07.